The molecule has 2 atom stereocenters. The smallest absolute Gasteiger partial charge is 0.323 e. The Morgan fingerprint density at radius 3 is 2.11 bits per heavy atom. The van der Waals surface area contributed by atoms with Crippen molar-refractivity contribution in [1.29, 1.82) is 0 Å². The van der Waals surface area contributed by atoms with Gasteiger partial charge in [-0.1, -0.05) is 6.92 Å². The first kappa shape index (κ1) is 7.22. The van der Waals surface area contributed by atoms with Gasteiger partial charge < -0.3 is 15.5 Å². The Balaban J connectivity index is 2.76. The molecule has 0 spiro atoms. The van der Waals surface area contributed by atoms with E-state index in [1.165, 1.54) is 0 Å². The van der Waals surface area contributed by atoms with E-state index in [1.807, 2.05) is 0 Å². The molecular weight excluding hydrogens is 141 g/mol. The molecule has 0 heterocycles. The molecule has 1 fully saturated rings. The van der Waals surface area contributed by atoms with Crippen molar-refractivity contribution in [3.63, 3.8) is 0 Å². The van der Waals surface area contributed by atoms with E-state index in [0.29, 0.717) is 6.42 Å². The standard InChI is InChI=1S/C4H10NO3P/c1-3-2-4(3,5)9(6,7)8/h3H,2,5H2,1H3,(H2,6,7,8)/t3-,4-/m0/s1. The molecule has 1 aliphatic rings. The number of hydrogen-bond donors (Lipinski definition) is 3. The fraction of sp³-hybridized carbons (Fsp3) is 1.00. The van der Waals surface area contributed by atoms with Crippen LogP contribution in [0.2, 0.25) is 0 Å². The Kier molecular flexibility index (Phi) is 1.27. The van der Waals surface area contributed by atoms with Gasteiger partial charge in [0.25, 0.3) is 0 Å². The van der Waals surface area contributed by atoms with Crippen LogP contribution in [0.25, 0.3) is 0 Å². The monoisotopic (exact) mass is 151 g/mol. The van der Waals surface area contributed by atoms with E-state index in [-0.39, 0.29) is 5.92 Å². The van der Waals surface area contributed by atoms with E-state index in [4.69, 9.17) is 15.5 Å². The summed E-state index contributed by atoms with van der Waals surface area (Å²) in [6.45, 7) is 1.74. The van der Waals surface area contributed by atoms with E-state index in [1.54, 1.807) is 6.92 Å². The van der Waals surface area contributed by atoms with Crippen molar-refractivity contribution in [3.8, 4) is 0 Å². The lowest BCUT2D eigenvalue weighted by molar-refractivity contribution is 0.351. The van der Waals surface area contributed by atoms with E-state index >= 15 is 0 Å². The number of hydrogen-bond acceptors (Lipinski definition) is 2. The summed E-state index contributed by atoms with van der Waals surface area (Å²) in [6.07, 6.45) is 0.442. The second kappa shape index (κ2) is 1.58. The molecule has 1 aliphatic carbocycles. The van der Waals surface area contributed by atoms with Crippen molar-refractivity contribution >= 4 is 7.60 Å². The van der Waals surface area contributed by atoms with Gasteiger partial charge in [-0.15, -0.1) is 0 Å². The van der Waals surface area contributed by atoms with Crippen LogP contribution in [-0.2, 0) is 4.57 Å². The van der Waals surface area contributed by atoms with Gasteiger partial charge in [-0.05, 0) is 12.3 Å². The van der Waals surface area contributed by atoms with Gasteiger partial charge in [0.2, 0.25) is 0 Å². The van der Waals surface area contributed by atoms with Gasteiger partial charge in [-0.3, -0.25) is 4.57 Å². The van der Waals surface area contributed by atoms with Crippen molar-refractivity contribution in [2.45, 2.75) is 18.6 Å². The molecule has 0 aliphatic heterocycles. The minimum absolute atomic E-state index is 0.0293. The largest absolute Gasteiger partial charge is 0.345 e. The van der Waals surface area contributed by atoms with E-state index in [9.17, 15) is 4.57 Å². The molecule has 4 nitrogen and oxygen atoms in total. The van der Waals surface area contributed by atoms with Crippen LogP contribution < -0.4 is 5.73 Å². The van der Waals surface area contributed by atoms with Crippen LogP contribution in [-0.4, -0.2) is 15.1 Å². The third-order valence-electron chi connectivity index (χ3n) is 1.87. The van der Waals surface area contributed by atoms with Crippen LogP contribution in [0.4, 0.5) is 0 Å². The number of nitrogens with two attached hydrogens (primary N) is 1. The van der Waals surface area contributed by atoms with Crippen molar-refractivity contribution in [2.75, 3.05) is 0 Å². The summed E-state index contributed by atoms with van der Waals surface area (Å²) in [4.78, 5) is 17.1. The van der Waals surface area contributed by atoms with Gasteiger partial charge in [-0.2, -0.15) is 0 Å². The fourth-order valence-electron chi connectivity index (χ4n) is 0.838. The highest BCUT2D eigenvalue weighted by molar-refractivity contribution is 7.54. The topological polar surface area (TPSA) is 83.6 Å². The molecule has 1 rings (SSSR count). The Bertz CT molecular complexity index is 177. The molecule has 5 heteroatoms. The van der Waals surface area contributed by atoms with Crippen LogP contribution in [0.3, 0.4) is 0 Å². The van der Waals surface area contributed by atoms with Crippen LogP contribution in [0, 0.1) is 5.92 Å². The molecule has 9 heavy (non-hydrogen) atoms. The second-order valence-corrected chi connectivity index (χ2v) is 4.56. The fourth-order valence-corrected chi connectivity index (χ4v) is 1.92. The molecule has 0 amide bonds. The molecule has 1 saturated carbocycles. The third-order valence-corrected chi connectivity index (χ3v) is 3.58. The predicted octanol–water partition coefficient (Wildman–Crippen LogP) is -0.141. The Labute approximate surface area is 53.2 Å². The van der Waals surface area contributed by atoms with Gasteiger partial charge in [-0.25, -0.2) is 0 Å². The van der Waals surface area contributed by atoms with Crippen molar-refractivity contribution in [3.05, 3.63) is 0 Å². The molecular formula is C4H10NO3P. The molecule has 54 valence electrons. The highest BCUT2D eigenvalue weighted by Crippen LogP contribution is 2.64. The zero-order valence-electron chi connectivity index (χ0n) is 5.11. The molecule has 0 unspecified atom stereocenters. The maximum atomic E-state index is 10.5. The summed E-state index contributed by atoms with van der Waals surface area (Å²) in [5.74, 6) is -0.0293. The third kappa shape index (κ3) is 0.923. The predicted molar refractivity (Wildman–Crippen MR) is 32.7 cm³/mol. The average molecular weight is 151 g/mol. The SMILES string of the molecule is C[C@H]1C[C@]1(N)P(=O)(O)O. The lowest BCUT2D eigenvalue weighted by Gasteiger charge is -2.10. The Morgan fingerprint density at radius 1 is 1.78 bits per heavy atom. The Hall–Kier alpha value is 0.110. The minimum Gasteiger partial charge on any atom is -0.323 e. The summed E-state index contributed by atoms with van der Waals surface area (Å²) in [5, 5.41) is -1.19. The first-order chi connectivity index (χ1) is 3.88. The van der Waals surface area contributed by atoms with Gasteiger partial charge in [0.05, 0.1) is 0 Å². The summed E-state index contributed by atoms with van der Waals surface area (Å²) in [7, 11) is -4.02. The lowest BCUT2D eigenvalue weighted by atomic mass is 10.5. The van der Waals surface area contributed by atoms with Crippen molar-refractivity contribution in [2.24, 2.45) is 11.7 Å². The zero-order chi connectivity index (χ0) is 7.28. The molecule has 0 aromatic heterocycles. The first-order valence-electron chi connectivity index (χ1n) is 2.72. The van der Waals surface area contributed by atoms with Crippen molar-refractivity contribution < 1.29 is 14.4 Å². The number of rotatable bonds is 1. The van der Waals surface area contributed by atoms with Crippen LogP contribution in [0.5, 0.6) is 0 Å². The quantitative estimate of drug-likeness (QED) is 0.455. The lowest BCUT2D eigenvalue weighted by Crippen LogP contribution is -2.23. The van der Waals surface area contributed by atoms with Gasteiger partial charge >= 0.3 is 7.60 Å². The van der Waals surface area contributed by atoms with E-state index in [0.717, 1.165) is 0 Å². The summed E-state index contributed by atoms with van der Waals surface area (Å²) >= 11 is 0. The Morgan fingerprint density at radius 2 is 2.11 bits per heavy atom. The molecule has 0 radical (unpaired) electrons. The first-order valence-corrected chi connectivity index (χ1v) is 4.34. The normalized spacial score (nSPS) is 42.9. The molecule has 0 aromatic rings. The van der Waals surface area contributed by atoms with Crippen LogP contribution in [0.15, 0.2) is 0 Å². The molecule has 4 N–H and O–H groups in total. The molecule has 0 bridgehead atoms. The van der Waals surface area contributed by atoms with Gasteiger partial charge in [0.1, 0.15) is 5.28 Å². The maximum absolute atomic E-state index is 10.5. The van der Waals surface area contributed by atoms with Crippen LogP contribution >= 0.6 is 7.60 Å². The minimum atomic E-state index is -4.02. The highest BCUT2D eigenvalue weighted by atomic mass is 31.2. The molecule has 0 saturated heterocycles. The average Bonchev–Trinajstić information content (AvgIpc) is 2.13. The summed E-state index contributed by atoms with van der Waals surface area (Å²) < 4.78 is 10.5. The second-order valence-electron chi connectivity index (χ2n) is 2.64. The highest BCUT2D eigenvalue weighted by Gasteiger charge is 2.60. The van der Waals surface area contributed by atoms with E-state index in [2.05, 4.69) is 0 Å². The van der Waals surface area contributed by atoms with Gasteiger partial charge in [0, 0.05) is 0 Å². The van der Waals surface area contributed by atoms with E-state index < -0.39 is 12.9 Å². The van der Waals surface area contributed by atoms with Gasteiger partial charge in [0.15, 0.2) is 0 Å². The van der Waals surface area contributed by atoms with Crippen molar-refractivity contribution in [1.82, 2.24) is 0 Å². The zero-order valence-corrected chi connectivity index (χ0v) is 6.01. The summed E-state index contributed by atoms with van der Waals surface area (Å²) in [6, 6.07) is 0. The summed E-state index contributed by atoms with van der Waals surface area (Å²) in [5.41, 5.74) is 5.30. The molecule has 0 aromatic carbocycles. The van der Waals surface area contributed by atoms with Crippen LogP contribution in [0.1, 0.15) is 13.3 Å². The maximum Gasteiger partial charge on any atom is 0.345 e.